The van der Waals surface area contributed by atoms with Crippen molar-refractivity contribution in [3.63, 3.8) is 0 Å². The largest absolute Gasteiger partial charge is 0.454 e. The van der Waals surface area contributed by atoms with Crippen LogP contribution in [0.25, 0.3) is 0 Å². The van der Waals surface area contributed by atoms with Crippen molar-refractivity contribution < 1.29 is 18.7 Å². The molecule has 1 saturated heterocycles. The quantitative estimate of drug-likeness (QED) is 0.593. The fourth-order valence-corrected chi connectivity index (χ4v) is 4.01. The molecule has 0 bridgehead atoms. The average molecular weight is 465 g/mol. The molecule has 176 valence electrons. The van der Waals surface area contributed by atoms with Crippen molar-refractivity contribution in [1.29, 1.82) is 0 Å². The summed E-state index contributed by atoms with van der Waals surface area (Å²) in [5.41, 5.74) is 1.50. The number of carbonyl (C=O) groups is 1. The Labute approximate surface area is 195 Å². The van der Waals surface area contributed by atoms with E-state index in [1.165, 1.54) is 22.9 Å². The topological polar surface area (TPSA) is 88.9 Å². The van der Waals surface area contributed by atoms with Gasteiger partial charge in [-0.05, 0) is 48.0 Å². The summed E-state index contributed by atoms with van der Waals surface area (Å²) in [4.78, 5) is 29.0. The Kier molecular flexibility index (Phi) is 6.03. The van der Waals surface area contributed by atoms with Crippen LogP contribution in [-0.2, 0) is 17.9 Å². The number of nitrogens with zero attached hydrogens (tertiary/aromatic N) is 4. The van der Waals surface area contributed by atoms with Gasteiger partial charge in [0, 0.05) is 44.5 Å². The van der Waals surface area contributed by atoms with Gasteiger partial charge in [-0.25, -0.2) is 9.07 Å². The standard InChI is InChI=1S/C24H24FN5O4/c25-18-2-4-19(5-3-18)28-9-11-29(12-10-28)22-7-8-24(32)30(27-22)15-23(31)26-14-17-1-6-20-21(13-17)34-16-33-20/h1-8,13H,9-12,14-16H2,(H,26,31). The molecule has 9 nitrogen and oxygen atoms in total. The van der Waals surface area contributed by atoms with Crippen LogP contribution in [-0.4, -0.2) is 48.7 Å². The maximum atomic E-state index is 13.2. The minimum absolute atomic E-state index is 0.174. The van der Waals surface area contributed by atoms with Gasteiger partial charge in [0.2, 0.25) is 12.7 Å². The number of hydrogen-bond acceptors (Lipinski definition) is 7. The summed E-state index contributed by atoms with van der Waals surface area (Å²) in [7, 11) is 0. The first-order valence-corrected chi connectivity index (χ1v) is 11.0. The second-order valence-corrected chi connectivity index (χ2v) is 8.10. The summed E-state index contributed by atoms with van der Waals surface area (Å²) >= 11 is 0. The molecule has 0 atom stereocenters. The number of rotatable bonds is 6. The van der Waals surface area contributed by atoms with Crippen LogP contribution in [0.15, 0.2) is 59.4 Å². The summed E-state index contributed by atoms with van der Waals surface area (Å²) in [6.07, 6.45) is 0. The highest BCUT2D eigenvalue weighted by molar-refractivity contribution is 5.75. The second kappa shape index (κ2) is 9.42. The van der Waals surface area contributed by atoms with Crippen LogP contribution in [0, 0.1) is 5.82 Å². The molecule has 2 aromatic carbocycles. The highest BCUT2D eigenvalue weighted by Gasteiger charge is 2.20. The first kappa shape index (κ1) is 21.7. The molecule has 10 heteroatoms. The van der Waals surface area contributed by atoms with E-state index in [1.54, 1.807) is 24.3 Å². The number of benzene rings is 2. The molecular weight excluding hydrogens is 441 g/mol. The SMILES string of the molecule is O=C(Cn1nc(N2CCN(c3ccc(F)cc3)CC2)ccc1=O)NCc1ccc2c(c1)OCO2. The van der Waals surface area contributed by atoms with E-state index in [9.17, 15) is 14.0 Å². The van der Waals surface area contributed by atoms with Crippen LogP contribution in [0.1, 0.15) is 5.56 Å². The van der Waals surface area contributed by atoms with Crippen LogP contribution < -0.4 is 30.1 Å². The third-order valence-electron chi connectivity index (χ3n) is 5.87. The van der Waals surface area contributed by atoms with Crippen molar-refractivity contribution >= 4 is 17.4 Å². The Balaban J connectivity index is 1.18. The zero-order valence-corrected chi connectivity index (χ0v) is 18.4. The van der Waals surface area contributed by atoms with E-state index in [0.29, 0.717) is 37.0 Å². The van der Waals surface area contributed by atoms with Crippen LogP contribution in [0.4, 0.5) is 15.9 Å². The number of nitrogens with one attached hydrogen (secondary N) is 1. The van der Waals surface area contributed by atoms with E-state index in [2.05, 4.69) is 20.2 Å². The molecule has 3 heterocycles. The maximum absolute atomic E-state index is 13.2. The molecule has 0 unspecified atom stereocenters. The van der Waals surface area contributed by atoms with E-state index < -0.39 is 0 Å². The van der Waals surface area contributed by atoms with Gasteiger partial charge in [0.15, 0.2) is 11.5 Å². The zero-order chi connectivity index (χ0) is 23.5. The molecule has 3 aromatic rings. The molecule has 0 saturated carbocycles. The van der Waals surface area contributed by atoms with E-state index in [4.69, 9.17) is 9.47 Å². The molecule has 2 aliphatic rings. The van der Waals surface area contributed by atoms with Gasteiger partial charge in [-0.15, -0.1) is 0 Å². The van der Waals surface area contributed by atoms with Gasteiger partial charge in [0.1, 0.15) is 18.2 Å². The number of hydrogen-bond donors (Lipinski definition) is 1. The lowest BCUT2D eigenvalue weighted by Crippen LogP contribution is -2.47. The first-order valence-electron chi connectivity index (χ1n) is 11.0. The van der Waals surface area contributed by atoms with Crippen molar-refractivity contribution in [1.82, 2.24) is 15.1 Å². The van der Waals surface area contributed by atoms with Gasteiger partial charge in [0.25, 0.3) is 5.56 Å². The van der Waals surface area contributed by atoms with E-state index in [1.807, 2.05) is 12.1 Å². The Morgan fingerprint density at radius 3 is 2.47 bits per heavy atom. The minimum Gasteiger partial charge on any atom is -0.454 e. The number of amides is 1. The molecule has 34 heavy (non-hydrogen) atoms. The van der Waals surface area contributed by atoms with Crippen LogP contribution in [0.2, 0.25) is 0 Å². The fraction of sp³-hybridized carbons (Fsp3) is 0.292. The van der Waals surface area contributed by atoms with Crippen molar-refractivity contribution in [3.8, 4) is 11.5 Å². The lowest BCUT2D eigenvalue weighted by Gasteiger charge is -2.36. The molecular formula is C24H24FN5O4. The van der Waals surface area contributed by atoms with Gasteiger partial charge >= 0.3 is 0 Å². The summed E-state index contributed by atoms with van der Waals surface area (Å²) in [5, 5.41) is 7.22. The molecule has 0 radical (unpaired) electrons. The second-order valence-electron chi connectivity index (χ2n) is 8.10. The summed E-state index contributed by atoms with van der Waals surface area (Å²) in [6, 6.07) is 15.0. The van der Waals surface area contributed by atoms with Gasteiger partial charge in [-0.2, -0.15) is 5.10 Å². The normalized spacial score (nSPS) is 14.9. The Bertz CT molecular complexity index is 1240. The van der Waals surface area contributed by atoms with Crippen LogP contribution in [0.3, 0.4) is 0 Å². The molecule has 0 aliphatic carbocycles. The molecule has 1 amide bonds. The van der Waals surface area contributed by atoms with Gasteiger partial charge in [-0.3, -0.25) is 9.59 Å². The van der Waals surface area contributed by atoms with E-state index >= 15 is 0 Å². The highest BCUT2D eigenvalue weighted by Crippen LogP contribution is 2.32. The lowest BCUT2D eigenvalue weighted by atomic mass is 10.2. The molecule has 5 rings (SSSR count). The average Bonchev–Trinajstić information content (AvgIpc) is 3.33. The van der Waals surface area contributed by atoms with Crippen LogP contribution >= 0.6 is 0 Å². The third-order valence-corrected chi connectivity index (χ3v) is 5.87. The number of anilines is 2. The smallest absolute Gasteiger partial charge is 0.267 e. The van der Waals surface area contributed by atoms with Gasteiger partial charge < -0.3 is 24.6 Å². The third kappa shape index (κ3) is 4.80. The summed E-state index contributed by atoms with van der Waals surface area (Å²) in [5.74, 6) is 1.40. The molecule has 1 fully saturated rings. The number of aromatic nitrogens is 2. The maximum Gasteiger partial charge on any atom is 0.267 e. The molecule has 2 aliphatic heterocycles. The molecule has 1 aromatic heterocycles. The summed E-state index contributed by atoms with van der Waals surface area (Å²) in [6.45, 7) is 3.18. The lowest BCUT2D eigenvalue weighted by molar-refractivity contribution is -0.122. The Hall–Kier alpha value is -4.08. The van der Waals surface area contributed by atoms with Crippen molar-refractivity contribution in [3.05, 3.63) is 76.3 Å². The van der Waals surface area contributed by atoms with E-state index in [-0.39, 0.29) is 30.6 Å². The van der Waals surface area contributed by atoms with Crippen molar-refractivity contribution in [2.24, 2.45) is 0 Å². The predicted octanol–water partition coefficient (Wildman–Crippen LogP) is 1.75. The van der Waals surface area contributed by atoms with Gasteiger partial charge in [0.05, 0.1) is 0 Å². The number of fused-ring (bicyclic) bond motifs is 1. The number of carbonyl (C=O) groups excluding carboxylic acids is 1. The monoisotopic (exact) mass is 465 g/mol. The van der Waals surface area contributed by atoms with Crippen LogP contribution in [0.5, 0.6) is 11.5 Å². The Morgan fingerprint density at radius 1 is 0.941 bits per heavy atom. The minimum atomic E-state index is -0.341. The van der Waals surface area contributed by atoms with Gasteiger partial charge in [-0.1, -0.05) is 6.07 Å². The molecule has 0 spiro atoms. The zero-order valence-electron chi connectivity index (χ0n) is 18.4. The van der Waals surface area contributed by atoms with E-state index in [0.717, 1.165) is 24.3 Å². The van der Waals surface area contributed by atoms with Crippen molar-refractivity contribution in [2.75, 3.05) is 42.8 Å². The number of ether oxygens (including phenoxy) is 2. The Morgan fingerprint density at radius 2 is 1.68 bits per heavy atom. The fourth-order valence-electron chi connectivity index (χ4n) is 4.01. The first-order chi connectivity index (χ1) is 16.5. The highest BCUT2D eigenvalue weighted by atomic mass is 19.1. The van der Waals surface area contributed by atoms with Crippen molar-refractivity contribution in [2.45, 2.75) is 13.1 Å². The molecule has 1 N–H and O–H groups in total. The number of piperazine rings is 1. The number of halogens is 1. The summed E-state index contributed by atoms with van der Waals surface area (Å²) < 4.78 is 25.0. The predicted molar refractivity (Wildman–Crippen MR) is 124 cm³/mol.